The highest BCUT2D eigenvalue weighted by Crippen LogP contribution is 2.12. The van der Waals surface area contributed by atoms with Crippen molar-refractivity contribution in [3.8, 4) is 0 Å². The second-order valence-electron chi connectivity index (χ2n) is 4.93. The summed E-state index contributed by atoms with van der Waals surface area (Å²) >= 11 is 0. The maximum absolute atomic E-state index is 12.0. The van der Waals surface area contributed by atoms with Crippen molar-refractivity contribution in [1.29, 1.82) is 0 Å². The molecule has 3 amide bonds. The lowest BCUT2D eigenvalue weighted by atomic mass is 9.98. The minimum atomic E-state index is -0.0206. The normalized spacial score (nSPS) is 20.5. The molecule has 0 saturated carbocycles. The van der Waals surface area contributed by atoms with E-state index >= 15 is 0 Å². The average Bonchev–Trinajstić information content (AvgIpc) is 2.34. The highest BCUT2D eigenvalue weighted by atomic mass is 16.2. The molecular formula is C12H22N4O2. The summed E-state index contributed by atoms with van der Waals surface area (Å²) in [5, 5.41) is 5.96. The third-order valence-electron chi connectivity index (χ3n) is 3.58. The van der Waals surface area contributed by atoms with Gasteiger partial charge in [0.05, 0.1) is 0 Å². The van der Waals surface area contributed by atoms with Crippen LogP contribution in [0.5, 0.6) is 0 Å². The topological polar surface area (TPSA) is 64.7 Å². The summed E-state index contributed by atoms with van der Waals surface area (Å²) in [5.41, 5.74) is 0. The predicted octanol–water partition coefficient (Wildman–Crippen LogP) is -0.530. The molecule has 0 aromatic carbocycles. The second-order valence-corrected chi connectivity index (χ2v) is 4.93. The molecular weight excluding hydrogens is 232 g/mol. The van der Waals surface area contributed by atoms with E-state index in [4.69, 9.17) is 0 Å². The molecule has 2 fully saturated rings. The zero-order valence-corrected chi connectivity index (χ0v) is 10.9. The van der Waals surface area contributed by atoms with Crippen molar-refractivity contribution in [3.63, 3.8) is 0 Å². The quantitative estimate of drug-likeness (QED) is 0.711. The predicted molar refractivity (Wildman–Crippen MR) is 68.2 cm³/mol. The molecule has 2 rings (SSSR count). The van der Waals surface area contributed by atoms with E-state index in [1.807, 2.05) is 11.8 Å². The summed E-state index contributed by atoms with van der Waals surface area (Å²) in [6.07, 6.45) is 0.647. The molecule has 102 valence electrons. The lowest BCUT2D eigenvalue weighted by Crippen LogP contribution is -2.54. The fourth-order valence-electron chi connectivity index (χ4n) is 2.29. The Kier molecular flexibility index (Phi) is 4.41. The third kappa shape index (κ3) is 3.13. The van der Waals surface area contributed by atoms with Crippen molar-refractivity contribution in [2.45, 2.75) is 13.3 Å². The number of amides is 3. The minimum Gasteiger partial charge on any atom is -0.339 e. The van der Waals surface area contributed by atoms with Crippen LogP contribution in [-0.4, -0.2) is 67.6 Å². The van der Waals surface area contributed by atoms with Gasteiger partial charge in [-0.3, -0.25) is 4.79 Å². The number of carbonyl (C=O) groups is 2. The largest absolute Gasteiger partial charge is 0.339 e. The van der Waals surface area contributed by atoms with Gasteiger partial charge in [-0.15, -0.1) is 0 Å². The van der Waals surface area contributed by atoms with Crippen LogP contribution in [0, 0.1) is 5.92 Å². The SMILES string of the molecule is CCNC(=O)N1CCN(C(=O)CC2CNC2)CC1. The van der Waals surface area contributed by atoms with Crippen LogP contribution in [0.1, 0.15) is 13.3 Å². The van der Waals surface area contributed by atoms with Crippen LogP contribution in [-0.2, 0) is 4.79 Å². The van der Waals surface area contributed by atoms with E-state index in [1.54, 1.807) is 4.90 Å². The van der Waals surface area contributed by atoms with Crippen LogP contribution in [0.15, 0.2) is 0 Å². The summed E-state index contributed by atoms with van der Waals surface area (Å²) in [7, 11) is 0. The Bertz CT molecular complexity index is 309. The molecule has 0 bridgehead atoms. The van der Waals surface area contributed by atoms with Crippen molar-refractivity contribution in [2.24, 2.45) is 5.92 Å². The molecule has 0 aromatic rings. The van der Waals surface area contributed by atoms with Crippen molar-refractivity contribution in [1.82, 2.24) is 20.4 Å². The molecule has 2 heterocycles. The summed E-state index contributed by atoms with van der Waals surface area (Å²) in [5.74, 6) is 0.746. The molecule has 6 heteroatoms. The van der Waals surface area contributed by atoms with E-state index in [9.17, 15) is 9.59 Å². The number of hydrogen-bond acceptors (Lipinski definition) is 3. The van der Waals surface area contributed by atoms with E-state index in [2.05, 4.69) is 10.6 Å². The minimum absolute atomic E-state index is 0.0206. The number of nitrogens with zero attached hydrogens (tertiary/aromatic N) is 2. The fraction of sp³-hybridized carbons (Fsp3) is 0.833. The number of urea groups is 1. The molecule has 0 unspecified atom stereocenters. The van der Waals surface area contributed by atoms with Crippen LogP contribution in [0.4, 0.5) is 4.79 Å². The van der Waals surface area contributed by atoms with Gasteiger partial charge in [0.1, 0.15) is 0 Å². The van der Waals surface area contributed by atoms with Gasteiger partial charge in [0.2, 0.25) is 5.91 Å². The molecule has 0 spiro atoms. The molecule has 2 aliphatic rings. The molecule has 0 aliphatic carbocycles. The molecule has 0 aromatic heterocycles. The van der Waals surface area contributed by atoms with Gasteiger partial charge >= 0.3 is 6.03 Å². The zero-order valence-electron chi connectivity index (χ0n) is 10.9. The van der Waals surface area contributed by atoms with Crippen LogP contribution >= 0.6 is 0 Å². The first-order valence-corrected chi connectivity index (χ1v) is 6.72. The first-order valence-electron chi connectivity index (χ1n) is 6.72. The van der Waals surface area contributed by atoms with Gasteiger partial charge in [-0.05, 0) is 25.9 Å². The molecule has 2 saturated heterocycles. The van der Waals surface area contributed by atoms with Gasteiger partial charge in [0.25, 0.3) is 0 Å². The number of rotatable bonds is 3. The molecule has 0 atom stereocenters. The third-order valence-corrected chi connectivity index (χ3v) is 3.58. The zero-order chi connectivity index (χ0) is 13.0. The summed E-state index contributed by atoms with van der Waals surface area (Å²) in [6.45, 7) is 7.08. The Balaban J connectivity index is 1.71. The number of piperazine rings is 1. The average molecular weight is 254 g/mol. The lowest BCUT2D eigenvalue weighted by molar-refractivity contribution is -0.134. The molecule has 18 heavy (non-hydrogen) atoms. The Hall–Kier alpha value is -1.30. The Morgan fingerprint density at radius 1 is 1.17 bits per heavy atom. The van der Waals surface area contributed by atoms with E-state index in [-0.39, 0.29) is 11.9 Å². The van der Waals surface area contributed by atoms with Crippen LogP contribution < -0.4 is 10.6 Å². The second kappa shape index (κ2) is 6.04. The van der Waals surface area contributed by atoms with E-state index in [0.717, 1.165) is 13.1 Å². The number of nitrogens with one attached hydrogen (secondary N) is 2. The number of carbonyl (C=O) groups excluding carboxylic acids is 2. The van der Waals surface area contributed by atoms with Crippen LogP contribution in [0.25, 0.3) is 0 Å². The maximum Gasteiger partial charge on any atom is 0.317 e. The van der Waals surface area contributed by atoms with Crippen LogP contribution in [0.3, 0.4) is 0 Å². The van der Waals surface area contributed by atoms with Gasteiger partial charge < -0.3 is 20.4 Å². The van der Waals surface area contributed by atoms with Gasteiger partial charge in [-0.25, -0.2) is 4.79 Å². The first-order chi connectivity index (χ1) is 8.70. The van der Waals surface area contributed by atoms with E-state index in [0.29, 0.717) is 45.1 Å². The first kappa shape index (κ1) is 13.1. The van der Waals surface area contributed by atoms with Crippen molar-refractivity contribution >= 4 is 11.9 Å². The molecule has 2 aliphatic heterocycles. The highest BCUT2D eigenvalue weighted by Gasteiger charge is 2.27. The lowest BCUT2D eigenvalue weighted by Gasteiger charge is -2.36. The monoisotopic (exact) mass is 254 g/mol. The fourth-order valence-corrected chi connectivity index (χ4v) is 2.29. The molecule has 0 radical (unpaired) electrons. The molecule has 6 nitrogen and oxygen atoms in total. The Morgan fingerprint density at radius 3 is 2.28 bits per heavy atom. The summed E-state index contributed by atoms with van der Waals surface area (Å²) in [4.78, 5) is 27.3. The Labute approximate surface area is 108 Å². The Morgan fingerprint density at radius 2 is 1.78 bits per heavy atom. The smallest absolute Gasteiger partial charge is 0.317 e. The van der Waals surface area contributed by atoms with Crippen LogP contribution in [0.2, 0.25) is 0 Å². The van der Waals surface area contributed by atoms with Gasteiger partial charge in [0.15, 0.2) is 0 Å². The summed E-state index contributed by atoms with van der Waals surface area (Å²) in [6, 6.07) is -0.0206. The maximum atomic E-state index is 12.0. The summed E-state index contributed by atoms with van der Waals surface area (Å²) < 4.78 is 0. The molecule has 2 N–H and O–H groups in total. The van der Waals surface area contributed by atoms with E-state index < -0.39 is 0 Å². The number of hydrogen-bond donors (Lipinski definition) is 2. The van der Waals surface area contributed by atoms with Crippen molar-refractivity contribution < 1.29 is 9.59 Å². The van der Waals surface area contributed by atoms with Gasteiger partial charge in [-0.2, -0.15) is 0 Å². The van der Waals surface area contributed by atoms with Gasteiger partial charge in [0, 0.05) is 39.1 Å². The van der Waals surface area contributed by atoms with Crippen molar-refractivity contribution in [2.75, 3.05) is 45.8 Å². The standard InChI is InChI=1S/C12H22N4O2/c1-2-14-12(18)16-5-3-15(4-6-16)11(17)7-10-8-13-9-10/h10,13H,2-9H2,1H3,(H,14,18). The van der Waals surface area contributed by atoms with Gasteiger partial charge in [-0.1, -0.05) is 0 Å². The van der Waals surface area contributed by atoms with Crippen molar-refractivity contribution in [3.05, 3.63) is 0 Å². The highest BCUT2D eigenvalue weighted by molar-refractivity contribution is 5.78. The van der Waals surface area contributed by atoms with E-state index in [1.165, 1.54) is 0 Å².